The molecule has 1 N–H and O–H groups in total. The van der Waals surface area contributed by atoms with Gasteiger partial charge in [0.1, 0.15) is 5.82 Å². The number of aromatic nitrogens is 1. The first-order chi connectivity index (χ1) is 8.17. The largest absolute Gasteiger partial charge is 0.366 e. The topological polar surface area (TPSA) is 24.9 Å². The summed E-state index contributed by atoms with van der Waals surface area (Å²) in [6.45, 7) is 6.53. The lowest BCUT2D eigenvalue weighted by molar-refractivity contribution is 0.562. The van der Waals surface area contributed by atoms with Crippen molar-refractivity contribution < 1.29 is 0 Å². The fourth-order valence-corrected chi connectivity index (χ4v) is 2.50. The number of nitrogens with one attached hydrogen (secondary N) is 1. The van der Waals surface area contributed by atoms with Crippen LogP contribution in [0.3, 0.4) is 0 Å². The second-order valence-corrected chi connectivity index (χ2v) is 5.47. The molecule has 0 saturated heterocycles. The van der Waals surface area contributed by atoms with E-state index in [2.05, 4.69) is 53.1 Å². The first-order valence-corrected chi connectivity index (χ1v) is 7.35. The summed E-state index contributed by atoms with van der Waals surface area (Å²) < 4.78 is 1.06. The highest BCUT2D eigenvalue weighted by Gasteiger charge is 2.09. The Hall–Kier alpha value is -0.570. The van der Waals surface area contributed by atoms with E-state index >= 15 is 0 Å². The second-order valence-electron chi connectivity index (χ2n) is 4.62. The van der Waals surface area contributed by atoms with Crippen molar-refractivity contribution >= 4 is 21.7 Å². The van der Waals surface area contributed by atoms with Crippen molar-refractivity contribution in [2.24, 2.45) is 0 Å². The zero-order chi connectivity index (χ0) is 12.7. The van der Waals surface area contributed by atoms with Gasteiger partial charge in [0.2, 0.25) is 0 Å². The van der Waals surface area contributed by atoms with Gasteiger partial charge in [-0.05, 0) is 47.3 Å². The Morgan fingerprint density at radius 2 is 2.06 bits per heavy atom. The monoisotopic (exact) mass is 298 g/mol. The summed E-state index contributed by atoms with van der Waals surface area (Å²) in [5, 5.41) is 3.55. The van der Waals surface area contributed by atoms with E-state index in [0.717, 1.165) is 10.3 Å². The third kappa shape index (κ3) is 5.07. The van der Waals surface area contributed by atoms with E-state index < -0.39 is 0 Å². The van der Waals surface area contributed by atoms with E-state index in [1.165, 1.54) is 37.7 Å². The summed E-state index contributed by atoms with van der Waals surface area (Å²) in [4.78, 5) is 4.45. The van der Waals surface area contributed by atoms with Gasteiger partial charge in [0.05, 0.1) is 4.47 Å². The van der Waals surface area contributed by atoms with Gasteiger partial charge in [0.25, 0.3) is 0 Å². The van der Waals surface area contributed by atoms with Crippen LogP contribution in [0, 0.1) is 6.92 Å². The maximum absolute atomic E-state index is 4.45. The fraction of sp³-hybridized carbons (Fsp3) is 0.643. The lowest BCUT2D eigenvalue weighted by Gasteiger charge is -2.19. The summed E-state index contributed by atoms with van der Waals surface area (Å²) in [7, 11) is 0. The van der Waals surface area contributed by atoms with Crippen molar-refractivity contribution in [3.63, 3.8) is 0 Å². The van der Waals surface area contributed by atoms with Crippen molar-refractivity contribution in [1.29, 1.82) is 0 Å². The van der Waals surface area contributed by atoms with Crippen molar-refractivity contribution in [2.45, 2.75) is 58.9 Å². The summed E-state index contributed by atoms with van der Waals surface area (Å²) in [6.07, 6.45) is 8.10. The Labute approximate surface area is 113 Å². The zero-order valence-electron chi connectivity index (χ0n) is 11.1. The molecule has 1 atom stereocenters. The third-order valence-corrected chi connectivity index (χ3v) is 3.47. The number of halogens is 1. The van der Waals surface area contributed by atoms with E-state index in [1.54, 1.807) is 0 Å². The van der Waals surface area contributed by atoms with Crippen LogP contribution in [0.2, 0.25) is 0 Å². The molecule has 0 radical (unpaired) electrons. The lowest BCUT2D eigenvalue weighted by atomic mass is 10.1. The van der Waals surface area contributed by atoms with Crippen LogP contribution in [0.15, 0.2) is 16.7 Å². The van der Waals surface area contributed by atoms with Crippen molar-refractivity contribution in [3.05, 3.63) is 22.3 Å². The van der Waals surface area contributed by atoms with Crippen LogP contribution < -0.4 is 5.32 Å². The average molecular weight is 299 g/mol. The summed E-state index contributed by atoms with van der Waals surface area (Å²) in [5.41, 5.74) is 1.18. The Morgan fingerprint density at radius 1 is 1.29 bits per heavy atom. The molecule has 0 aromatic carbocycles. The minimum Gasteiger partial charge on any atom is -0.366 e. The van der Waals surface area contributed by atoms with Gasteiger partial charge < -0.3 is 5.32 Å². The Morgan fingerprint density at radius 3 is 2.65 bits per heavy atom. The molecule has 0 aliphatic rings. The summed E-state index contributed by atoms with van der Waals surface area (Å²) in [5.74, 6) is 0.977. The molecule has 0 bridgehead atoms. The Bertz CT molecular complexity index is 339. The average Bonchev–Trinajstić information content (AvgIpc) is 2.29. The Kier molecular flexibility index (Phi) is 6.56. The van der Waals surface area contributed by atoms with E-state index in [-0.39, 0.29) is 0 Å². The van der Waals surface area contributed by atoms with Crippen LogP contribution in [0.1, 0.15) is 51.5 Å². The van der Waals surface area contributed by atoms with E-state index in [4.69, 9.17) is 0 Å². The summed E-state index contributed by atoms with van der Waals surface area (Å²) in [6, 6.07) is 2.66. The van der Waals surface area contributed by atoms with E-state index in [9.17, 15) is 0 Å². The van der Waals surface area contributed by atoms with Gasteiger partial charge in [-0.1, -0.05) is 33.1 Å². The van der Waals surface area contributed by atoms with Crippen molar-refractivity contribution in [1.82, 2.24) is 4.98 Å². The predicted molar refractivity (Wildman–Crippen MR) is 78.5 cm³/mol. The quantitative estimate of drug-likeness (QED) is 0.772. The molecule has 0 aliphatic heterocycles. The molecule has 1 rings (SSSR count). The standard InChI is InChI=1S/C14H23BrN2/c1-4-6-8-12(7-5-2)17-14-13(15)9-11(3)10-16-14/h9-10,12H,4-8H2,1-3H3,(H,16,17). The van der Waals surface area contributed by atoms with Gasteiger partial charge in [0.15, 0.2) is 0 Å². The highest BCUT2D eigenvalue weighted by atomic mass is 79.9. The highest BCUT2D eigenvalue weighted by Crippen LogP contribution is 2.23. The second kappa shape index (κ2) is 7.70. The molecule has 0 aliphatic carbocycles. The number of nitrogens with zero attached hydrogens (tertiary/aromatic N) is 1. The fourth-order valence-electron chi connectivity index (χ4n) is 1.92. The van der Waals surface area contributed by atoms with Crippen LogP contribution >= 0.6 is 15.9 Å². The van der Waals surface area contributed by atoms with Crippen LogP contribution in [0.25, 0.3) is 0 Å². The molecule has 1 aromatic heterocycles. The van der Waals surface area contributed by atoms with Gasteiger partial charge in [-0.3, -0.25) is 0 Å². The minimum atomic E-state index is 0.548. The maximum atomic E-state index is 4.45. The van der Waals surface area contributed by atoms with Crippen LogP contribution in [0.4, 0.5) is 5.82 Å². The first kappa shape index (κ1) is 14.5. The molecule has 3 heteroatoms. The number of aryl methyl sites for hydroxylation is 1. The third-order valence-electron chi connectivity index (χ3n) is 2.86. The summed E-state index contributed by atoms with van der Waals surface area (Å²) >= 11 is 3.57. The lowest BCUT2D eigenvalue weighted by Crippen LogP contribution is -2.20. The molecular formula is C14H23BrN2. The predicted octanol–water partition coefficient (Wildman–Crippen LogP) is 4.92. The molecule has 2 nitrogen and oxygen atoms in total. The molecule has 0 saturated carbocycles. The number of rotatable bonds is 7. The molecule has 0 amide bonds. The molecule has 0 spiro atoms. The van der Waals surface area contributed by atoms with Crippen molar-refractivity contribution in [2.75, 3.05) is 5.32 Å². The van der Waals surface area contributed by atoms with E-state index in [1.807, 2.05) is 6.20 Å². The van der Waals surface area contributed by atoms with Gasteiger partial charge >= 0.3 is 0 Å². The zero-order valence-corrected chi connectivity index (χ0v) is 12.7. The number of anilines is 1. The SMILES string of the molecule is CCCCC(CCC)Nc1ncc(C)cc1Br. The number of pyridine rings is 1. The van der Waals surface area contributed by atoms with Crippen LogP contribution in [0.5, 0.6) is 0 Å². The van der Waals surface area contributed by atoms with Gasteiger partial charge in [-0.25, -0.2) is 4.98 Å². The van der Waals surface area contributed by atoms with Crippen LogP contribution in [-0.4, -0.2) is 11.0 Å². The Balaban J connectivity index is 2.64. The molecular weight excluding hydrogens is 276 g/mol. The van der Waals surface area contributed by atoms with Gasteiger partial charge in [-0.2, -0.15) is 0 Å². The number of unbranched alkanes of at least 4 members (excludes halogenated alkanes) is 1. The molecule has 0 fully saturated rings. The first-order valence-electron chi connectivity index (χ1n) is 6.56. The van der Waals surface area contributed by atoms with Gasteiger partial charge in [0, 0.05) is 12.2 Å². The minimum absolute atomic E-state index is 0.548. The number of hydrogen-bond acceptors (Lipinski definition) is 2. The smallest absolute Gasteiger partial charge is 0.140 e. The maximum Gasteiger partial charge on any atom is 0.140 e. The van der Waals surface area contributed by atoms with Crippen LogP contribution in [-0.2, 0) is 0 Å². The van der Waals surface area contributed by atoms with Crippen molar-refractivity contribution in [3.8, 4) is 0 Å². The number of hydrogen-bond donors (Lipinski definition) is 1. The molecule has 1 aromatic rings. The van der Waals surface area contributed by atoms with E-state index in [0.29, 0.717) is 6.04 Å². The normalized spacial score (nSPS) is 12.5. The highest BCUT2D eigenvalue weighted by molar-refractivity contribution is 9.10. The molecule has 17 heavy (non-hydrogen) atoms. The molecule has 96 valence electrons. The molecule has 1 heterocycles. The molecule has 1 unspecified atom stereocenters. The van der Waals surface area contributed by atoms with Gasteiger partial charge in [-0.15, -0.1) is 0 Å².